The molecule has 30 heavy (non-hydrogen) atoms. The monoisotopic (exact) mass is 513 g/mol. The molecule has 2 fully saturated rings. The van der Waals surface area contributed by atoms with Gasteiger partial charge in [0.15, 0.2) is 0 Å². The van der Waals surface area contributed by atoms with Gasteiger partial charge in [-0.2, -0.15) is 0 Å². The zero-order chi connectivity index (χ0) is 22.4. The Kier molecular flexibility index (Phi) is 11.3. The molecule has 0 aromatic heterocycles. The first-order chi connectivity index (χ1) is 13.2. The van der Waals surface area contributed by atoms with Gasteiger partial charge in [0, 0.05) is 30.7 Å². The van der Waals surface area contributed by atoms with E-state index in [2.05, 4.69) is 56.9 Å². The van der Waals surface area contributed by atoms with E-state index in [1.165, 1.54) is 0 Å². The number of anilines is 1. The van der Waals surface area contributed by atoms with Crippen LogP contribution in [0.4, 0.5) is 5.69 Å². The third-order valence-corrected chi connectivity index (χ3v) is 4.95. The molecule has 0 spiro atoms. The van der Waals surface area contributed by atoms with Crippen molar-refractivity contribution in [1.29, 1.82) is 0 Å². The van der Waals surface area contributed by atoms with Gasteiger partial charge in [0.25, 0.3) is 0 Å². The second-order valence-corrected chi connectivity index (χ2v) is 8.05. The number of aliphatic hydroxyl groups excluding tert-OH is 1. The van der Waals surface area contributed by atoms with Gasteiger partial charge in [-0.1, -0.05) is 12.1 Å². The SMILES string of the molecule is CC(=O)[O-].CC(=O)[O-].CC1(C)OB(c2ccc(N3CC[C@@H](O)C3)cc2)OC1(C)C.[Pd+2]. The first-order valence-corrected chi connectivity index (χ1v) is 9.49. The van der Waals surface area contributed by atoms with Crippen LogP contribution in [0, 0.1) is 0 Å². The summed E-state index contributed by atoms with van der Waals surface area (Å²) in [6.45, 7) is 11.8. The van der Waals surface area contributed by atoms with Crippen molar-refractivity contribution in [3.8, 4) is 0 Å². The van der Waals surface area contributed by atoms with Gasteiger partial charge in [-0.3, -0.25) is 0 Å². The summed E-state index contributed by atoms with van der Waals surface area (Å²) in [7, 11) is -0.312. The second kappa shape index (κ2) is 11.8. The van der Waals surface area contributed by atoms with Gasteiger partial charge in [-0.05, 0) is 65.6 Å². The number of carbonyl (C=O) groups excluding carboxylic acids is 2. The van der Waals surface area contributed by atoms with E-state index in [-0.39, 0.29) is 44.8 Å². The summed E-state index contributed by atoms with van der Waals surface area (Å²) in [5.74, 6) is -2.17. The molecule has 0 amide bonds. The molecule has 170 valence electrons. The number of carbonyl (C=O) groups is 2. The van der Waals surface area contributed by atoms with E-state index in [1.54, 1.807) is 0 Å². The molecule has 8 nitrogen and oxygen atoms in total. The van der Waals surface area contributed by atoms with E-state index in [1.807, 2.05) is 0 Å². The van der Waals surface area contributed by atoms with E-state index in [0.717, 1.165) is 44.5 Å². The molecule has 1 aromatic rings. The maximum absolute atomic E-state index is 9.62. The number of carboxylic acid groups (broad SMARTS) is 2. The number of aliphatic hydroxyl groups is 1. The molecule has 1 N–H and O–H groups in total. The molecule has 0 aliphatic carbocycles. The van der Waals surface area contributed by atoms with E-state index in [9.17, 15) is 5.11 Å². The van der Waals surface area contributed by atoms with Crippen molar-refractivity contribution in [2.24, 2.45) is 0 Å². The summed E-state index contributed by atoms with van der Waals surface area (Å²) in [4.78, 5) is 20.0. The molecule has 1 aromatic carbocycles. The molecule has 0 bridgehead atoms. The normalized spacial score (nSPS) is 20.8. The minimum absolute atomic E-state index is 0. The average molecular weight is 514 g/mol. The molecule has 0 saturated carbocycles. The largest absolute Gasteiger partial charge is 2.00 e. The third kappa shape index (κ3) is 8.74. The Labute approximate surface area is 192 Å². The summed E-state index contributed by atoms with van der Waals surface area (Å²) < 4.78 is 12.1. The van der Waals surface area contributed by atoms with E-state index in [0.29, 0.717) is 0 Å². The smallest absolute Gasteiger partial charge is 0.550 e. The van der Waals surface area contributed by atoms with Gasteiger partial charge in [0.2, 0.25) is 0 Å². The van der Waals surface area contributed by atoms with Crippen LogP contribution in [0.15, 0.2) is 24.3 Å². The number of β-amino-alcohol motifs (C(OH)–C–C–N with tert-alkyl or cyclic N) is 1. The summed E-state index contributed by atoms with van der Waals surface area (Å²) in [5.41, 5.74) is 1.56. The maximum Gasteiger partial charge on any atom is 2.00 e. The summed E-state index contributed by atoms with van der Waals surface area (Å²) in [6, 6.07) is 8.28. The molecular formula is C20H30BNO7Pd. The van der Waals surface area contributed by atoms with Crippen molar-refractivity contribution < 1.29 is 54.6 Å². The third-order valence-electron chi connectivity index (χ3n) is 4.95. The topological polar surface area (TPSA) is 122 Å². The van der Waals surface area contributed by atoms with Crippen molar-refractivity contribution in [3.05, 3.63) is 24.3 Å². The Morgan fingerprint density at radius 3 is 1.77 bits per heavy atom. The molecule has 2 aliphatic heterocycles. The van der Waals surface area contributed by atoms with Crippen LogP contribution < -0.4 is 20.6 Å². The molecule has 2 heterocycles. The van der Waals surface area contributed by atoms with Gasteiger partial charge in [0.05, 0.1) is 17.3 Å². The predicted molar refractivity (Wildman–Crippen MR) is 106 cm³/mol. The average Bonchev–Trinajstić information content (AvgIpc) is 3.07. The van der Waals surface area contributed by atoms with E-state index < -0.39 is 11.9 Å². The molecule has 10 heteroatoms. The van der Waals surface area contributed by atoms with E-state index in [4.69, 9.17) is 29.1 Å². The van der Waals surface area contributed by atoms with Crippen molar-refractivity contribution in [3.63, 3.8) is 0 Å². The second-order valence-electron chi connectivity index (χ2n) is 8.05. The number of hydrogen-bond donors (Lipinski definition) is 1. The fourth-order valence-corrected chi connectivity index (χ4v) is 2.80. The van der Waals surface area contributed by atoms with Crippen LogP contribution in [-0.2, 0) is 39.3 Å². The number of rotatable bonds is 2. The number of nitrogens with zero attached hydrogens (tertiary/aromatic N) is 1. The first kappa shape index (κ1) is 28.6. The van der Waals surface area contributed by atoms with Gasteiger partial charge >= 0.3 is 27.5 Å². The minimum Gasteiger partial charge on any atom is -0.550 e. The molecule has 2 saturated heterocycles. The number of aliphatic carboxylic acids is 2. The van der Waals surface area contributed by atoms with Crippen LogP contribution >= 0.6 is 0 Å². The molecule has 0 unspecified atom stereocenters. The van der Waals surface area contributed by atoms with Crippen LogP contribution in [-0.4, -0.2) is 54.6 Å². The van der Waals surface area contributed by atoms with Gasteiger partial charge in [0.1, 0.15) is 0 Å². The first-order valence-electron chi connectivity index (χ1n) is 9.49. The quantitative estimate of drug-likeness (QED) is 0.503. The van der Waals surface area contributed by atoms with Crippen LogP contribution in [0.1, 0.15) is 48.0 Å². The van der Waals surface area contributed by atoms with E-state index >= 15 is 0 Å². The molecular weight excluding hydrogens is 483 g/mol. The van der Waals surface area contributed by atoms with Crippen LogP contribution in [0.2, 0.25) is 0 Å². The van der Waals surface area contributed by atoms with Crippen molar-refractivity contribution in [2.45, 2.75) is 65.3 Å². The standard InChI is InChI=1S/C16H24BNO3.2C2H4O2.Pd/c1-15(2)16(3,4)21-17(20-15)12-5-7-13(8-6-12)18-10-9-14(19)11-18;2*1-2(3)4;/h5-8,14,19H,9-11H2,1-4H3;2*1H3,(H,3,4);/q;;;+2/p-2/t14-;;;/m1.../s1. The van der Waals surface area contributed by atoms with Crippen molar-refractivity contribution >= 4 is 30.2 Å². The molecule has 1 atom stereocenters. The Morgan fingerprint density at radius 2 is 1.43 bits per heavy atom. The molecule has 2 aliphatic rings. The molecule has 3 rings (SSSR count). The van der Waals surface area contributed by atoms with Crippen molar-refractivity contribution in [1.82, 2.24) is 0 Å². The Balaban J connectivity index is 0.000000808. The zero-order valence-corrected chi connectivity index (χ0v) is 19.8. The summed E-state index contributed by atoms with van der Waals surface area (Å²) >= 11 is 0. The van der Waals surface area contributed by atoms with Gasteiger partial charge in [-0.25, -0.2) is 0 Å². The number of carboxylic acids is 2. The van der Waals surface area contributed by atoms with Gasteiger partial charge in [-0.15, -0.1) is 0 Å². The van der Waals surface area contributed by atoms with Crippen molar-refractivity contribution in [2.75, 3.05) is 18.0 Å². The zero-order valence-electron chi connectivity index (χ0n) is 18.2. The maximum atomic E-state index is 9.62. The van der Waals surface area contributed by atoms with Crippen LogP contribution in [0.5, 0.6) is 0 Å². The predicted octanol–water partition coefficient (Wildman–Crippen LogP) is -0.933. The van der Waals surface area contributed by atoms with Crippen LogP contribution in [0.25, 0.3) is 0 Å². The minimum atomic E-state index is -1.08. The number of hydrogen-bond acceptors (Lipinski definition) is 8. The van der Waals surface area contributed by atoms with Gasteiger partial charge < -0.3 is 39.1 Å². The Hall–Kier alpha value is -1.43. The number of benzene rings is 1. The Bertz CT molecular complexity index is 661. The summed E-state index contributed by atoms with van der Waals surface area (Å²) in [6.07, 6.45) is 0.645. The Morgan fingerprint density at radius 1 is 1.03 bits per heavy atom. The summed E-state index contributed by atoms with van der Waals surface area (Å²) in [5, 5.41) is 27.4. The molecule has 0 radical (unpaired) electrons. The fraction of sp³-hybridized carbons (Fsp3) is 0.600. The fourth-order valence-electron chi connectivity index (χ4n) is 2.80. The van der Waals surface area contributed by atoms with Crippen LogP contribution in [0.3, 0.4) is 0 Å².